The Morgan fingerprint density at radius 1 is 1.33 bits per heavy atom. The Morgan fingerprint density at radius 2 is 2.05 bits per heavy atom. The van der Waals surface area contributed by atoms with Crippen LogP contribution in [0.3, 0.4) is 0 Å². The molecule has 0 bridgehead atoms. The summed E-state index contributed by atoms with van der Waals surface area (Å²) >= 11 is 9.95. The zero-order valence-corrected chi connectivity index (χ0v) is 15.2. The maximum absolute atomic E-state index is 6.37. The number of likely N-dealkylation sites (N-methyl/N-ethyl adjacent to an activating group) is 1. The molecule has 0 radical (unpaired) electrons. The molecule has 5 heteroatoms. The van der Waals surface area contributed by atoms with Crippen molar-refractivity contribution >= 4 is 27.5 Å². The lowest BCUT2D eigenvalue weighted by Gasteiger charge is -2.19. The Bertz CT molecular complexity index is 616. The van der Waals surface area contributed by atoms with Gasteiger partial charge in [0.05, 0.1) is 5.69 Å². The first kappa shape index (κ1) is 16.5. The van der Waals surface area contributed by atoms with Gasteiger partial charge in [-0.15, -0.1) is 0 Å². The third-order valence-electron chi connectivity index (χ3n) is 3.60. The van der Waals surface area contributed by atoms with Crippen LogP contribution in [0.15, 0.2) is 22.7 Å². The molecule has 0 fully saturated rings. The highest BCUT2D eigenvalue weighted by molar-refractivity contribution is 9.10. The van der Waals surface area contributed by atoms with Gasteiger partial charge in [0.2, 0.25) is 0 Å². The van der Waals surface area contributed by atoms with E-state index < -0.39 is 0 Å². The summed E-state index contributed by atoms with van der Waals surface area (Å²) in [4.78, 5) is 0. The van der Waals surface area contributed by atoms with Crippen LogP contribution in [0, 0.1) is 13.8 Å². The molecule has 0 aliphatic rings. The van der Waals surface area contributed by atoms with E-state index in [-0.39, 0.29) is 6.04 Å². The number of hydrogen-bond acceptors (Lipinski definition) is 2. The van der Waals surface area contributed by atoms with Crippen LogP contribution in [0.25, 0.3) is 0 Å². The zero-order chi connectivity index (χ0) is 15.6. The van der Waals surface area contributed by atoms with E-state index in [1.165, 1.54) is 11.1 Å². The van der Waals surface area contributed by atoms with Gasteiger partial charge in [-0.2, -0.15) is 5.10 Å². The zero-order valence-electron chi connectivity index (χ0n) is 12.9. The summed E-state index contributed by atoms with van der Waals surface area (Å²) in [5.41, 5.74) is 4.62. The summed E-state index contributed by atoms with van der Waals surface area (Å²) in [6.45, 7) is 7.15. The van der Waals surface area contributed by atoms with E-state index in [1.54, 1.807) is 4.68 Å². The fourth-order valence-corrected chi connectivity index (χ4v) is 3.51. The number of aryl methyl sites for hydroxylation is 3. The van der Waals surface area contributed by atoms with Gasteiger partial charge in [0.25, 0.3) is 0 Å². The van der Waals surface area contributed by atoms with Crippen LogP contribution < -0.4 is 5.32 Å². The van der Waals surface area contributed by atoms with Crippen molar-refractivity contribution < 1.29 is 0 Å². The Hall–Kier alpha value is -0.840. The number of rotatable bonds is 5. The summed E-state index contributed by atoms with van der Waals surface area (Å²) in [6.07, 6.45) is 0.836. The molecule has 0 aliphatic carbocycles. The second kappa shape index (κ2) is 6.95. The minimum Gasteiger partial charge on any atom is -0.310 e. The van der Waals surface area contributed by atoms with Crippen LogP contribution in [0.5, 0.6) is 0 Å². The molecule has 0 aliphatic heterocycles. The van der Waals surface area contributed by atoms with Crippen molar-refractivity contribution in [1.82, 2.24) is 15.1 Å². The Morgan fingerprint density at radius 3 is 2.57 bits per heavy atom. The van der Waals surface area contributed by atoms with Crippen LogP contribution in [-0.2, 0) is 13.5 Å². The second-order valence-corrected chi connectivity index (χ2v) is 6.63. The van der Waals surface area contributed by atoms with Crippen molar-refractivity contribution in [3.8, 4) is 0 Å². The van der Waals surface area contributed by atoms with Gasteiger partial charge >= 0.3 is 0 Å². The molecular weight excluding hydrogens is 350 g/mol. The average molecular weight is 371 g/mol. The number of nitrogens with one attached hydrogen (secondary N) is 1. The first-order chi connectivity index (χ1) is 9.92. The lowest BCUT2D eigenvalue weighted by molar-refractivity contribution is 0.548. The van der Waals surface area contributed by atoms with E-state index in [2.05, 4.69) is 58.4 Å². The standard InChI is InChI=1S/C16H21BrClN3/c1-5-19-15(12-6-10(2)7-13(17)8-12)9-14-11(3)20-21(4)16(14)18/h6-8,15,19H,5,9H2,1-4H3. The molecule has 3 nitrogen and oxygen atoms in total. The highest BCUT2D eigenvalue weighted by atomic mass is 79.9. The molecule has 1 N–H and O–H groups in total. The number of aromatic nitrogens is 2. The van der Waals surface area contributed by atoms with Crippen molar-refractivity contribution in [2.24, 2.45) is 7.05 Å². The largest absolute Gasteiger partial charge is 0.310 e. The second-order valence-electron chi connectivity index (χ2n) is 5.35. The van der Waals surface area contributed by atoms with Gasteiger partial charge in [-0.25, -0.2) is 0 Å². The Balaban J connectivity index is 2.35. The van der Waals surface area contributed by atoms with Gasteiger partial charge in [0.15, 0.2) is 0 Å². The fraction of sp³-hybridized carbons (Fsp3) is 0.438. The molecule has 2 rings (SSSR count). The molecule has 0 spiro atoms. The highest BCUT2D eigenvalue weighted by Crippen LogP contribution is 2.28. The van der Waals surface area contributed by atoms with E-state index in [0.29, 0.717) is 0 Å². The summed E-state index contributed by atoms with van der Waals surface area (Å²) in [5.74, 6) is 0. The number of hydrogen-bond donors (Lipinski definition) is 1. The fourth-order valence-electron chi connectivity index (χ4n) is 2.63. The van der Waals surface area contributed by atoms with Gasteiger partial charge in [-0.05, 0) is 50.1 Å². The summed E-state index contributed by atoms with van der Waals surface area (Å²) in [7, 11) is 1.88. The predicted molar refractivity (Wildman–Crippen MR) is 92.0 cm³/mol. The molecule has 1 atom stereocenters. The van der Waals surface area contributed by atoms with Crippen molar-refractivity contribution in [3.05, 3.63) is 50.2 Å². The number of halogens is 2. The SMILES string of the molecule is CCNC(Cc1c(C)nn(C)c1Cl)c1cc(C)cc(Br)c1. The average Bonchev–Trinajstić information content (AvgIpc) is 2.63. The maximum atomic E-state index is 6.37. The van der Waals surface area contributed by atoms with Crippen molar-refractivity contribution in [1.29, 1.82) is 0 Å². The van der Waals surface area contributed by atoms with Gasteiger partial charge in [0, 0.05) is 23.1 Å². The maximum Gasteiger partial charge on any atom is 0.130 e. The molecule has 21 heavy (non-hydrogen) atoms. The number of benzene rings is 1. The van der Waals surface area contributed by atoms with Crippen LogP contribution in [-0.4, -0.2) is 16.3 Å². The van der Waals surface area contributed by atoms with Crippen LogP contribution >= 0.6 is 27.5 Å². The van der Waals surface area contributed by atoms with Crippen molar-refractivity contribution in [3.63, 3.8) is 0 Å². The number of nitrogens with zero attached hydrogens (tertiary/aromatic N) is 2. The van der Waals surface area contributed by atoms with Crippen molar-refractivity contribution in [2.45, 2.75) is 33.2 Å². The predicted octanol–water partition coefficient (Wildman–Crippen LogP) is 4.35. The molecule has 1 aromatic carbocycles. The molecule has 114 valence electrons. The summed E-state index contributed by atoms with van der Waals surface area (Å²) in [6, 6.07) is 6.73. The van der Waals surface area contributed by atoms with Crippen LogP contribution in [0.1, 0.15) is 35.3 Å². The molecule has 0 saturated heterocycles. The monoisotopic (exact) mass is 369 g/mol. The van der Waals surface area contributed by atoms with Crippen LogP contribution in [0.2, 0.25) is 5.15 Å². The van der Waals surface area contributed by atoms with E-state index in [4.69, 9.17) is 11.6 Å². The van der Waals surface area contributed by atoms with Gasteiger partial charge < -0.3 is 5.32 Å². The first-order valence-electron chi connectivity index (χ1n) is 7.10. The molecule has 1 heterocycles. The third kappa shape index (κ3) is 3.87. The first-order valence-corrected chi connectivity index (χ1v) is 8.28. The summed E-state index contributed by atoms with van der Waals surface area (Å²) < 4.78 is 2.84. The Kier molecular flexibility index (Phi) is 5.47. The third-order valence-corrected chi connectivity index (χ3v) is 4.53. The van der Waals surface area contributed by atoms with E-state index in [9.17, 15) is 0 Å². The van der Waals surface area contributed by atoms with E-state index >= 15 is 0 Å². The van der Waals surface area contributed by atoms with Gasteiger partial charge in [0.1, 0.15) is 5.15 Å². The van der Waals surface area contributed by atoms with Crippen molar-refractivity contribution in [2.75, 3.05) is 6.54 Å². The van der Waals surface area contributed by atoms with Gasteiger partial charge in [-0.3, -0.25) is 4.68 Å². The van der Waals surface area contributed by atoms with E-state index in [0.717, 1.165) is 33.8 Å². The molecule has 1 unspecified atom stereocenters. The molecule has 0 amide bonds. The highest BCUT2D eigenvalue weighted by Gasteiger charge is 2.18. The topological polar surface area (TPSA) is 29.9 Å². The minimum atomic E-state index is 0.228. The molecular formula is C16H21BrClN3. The smallest absolute Gasteiger partial charge is 0.130 e. The van der Waals surface area contributed by atoms with E-state index in [1.807, 2.05) is 14.0 Å². The Labute approximate surface area is 139 Å². The van der Waals surface area contributed by atoms with Crippen LogP contribution in [0.4, 0.5) is 0 Å². The molecule has 1 aromatic heterocycles. The molecule has 0 saturated carbocycles. The normalized spacial score (nSPS) is 12.7. The summed E-state index contributed by atoms with van der Waals surface area (Å²) in [5, 5.41) is 8.67. The lowest BCUT2D eigenvalue weighted by Crippen LogP contribution is -2.23. The quantitative estimate of drug-likeness (QED) is 0.848. The van der Waals surface area contributed by atoms with Gasteiger partial charge in [-0.1, -0.05) is 40.5 Å². The molecule has 2 aromatic rings. The minimum absolute atomic E-state index is 0.228. The lowest BCUT2D eigenvalue weighted by atomic mass is 9.98.